The average Bonchev–Trinajstić information content (AvgIpc) is 2.68. The molecule has 1 saturated heterocycles. The van der Waals surface area contributed by atoms with Crippen molar-refractivity contribution in [2.45, 2.75) is 18.9 Å². The number of aromatic nitrogens is 2. The molecule has 0 aliphatic carbocycles. The van der Waals surface area contributed by atoms with Crippen molar-refractivity contribution in [1.82, 2.24) is 14.7 Å². The Hall–Kier alpha value is -1.85. The molecule has 1 fully saturated rings. The number of likely N-dealkylation sites (tertiary alicyclic amines) is 1. The molecule has 6 heteroatoms. The molecule has 1 aliphatic rings. The monoisotopic (exact) mass is 237 g/mol. The van der Waals surface area contributed by atoms with Crippen molar-refractivity contribution in [3.8, 4) is 0 Å². The lowest BCUT2D eigenvalue weighted by Crippen LogP contribution is -2.43. The maximum absolute atomic E-state index is 11.7. The summed E-state index contributed by atoms with van der Waals surface area (Å²) in [6, 6.07) is 1.33. The van der Waals surface area contributed by atoms with Crippen molar-refractivity contribution in [3.05, 3.63) is 18.0 Å². The highest BCUT2D eigenvalue weighted by atomic mass is 16.4. The minimum Gasteiger partial charge on any atom is -0.481 e. The molecule has 1 N–H and O–H groups in total. The first-order valence-corrected chi connectivity index (χ1v) is 5.48. The fraction of sp³-hybridized carbons (Fsp3) is 0.545. The first-order valence-electron chi connectivity index (χ1n) is 5.48. The van der Waals surface area contributed by atoms with Gasteiger partial charge in [-0.3, -0.25) is 14.3 Å². The minimum atomic E-state index is -0.865. The Balaban J connectivity index is 2.40. The number of nitrogens with zero attached hydrogens (tertiary/aromatic N) is 3. The fourth-order valence-corrected chi connectivity index (χ4v) is 2.38. The van der Waals surface area contributed by atoms with Crippen molar-refractivity contribution >= 4 is 11.9 Å². The average molecular weight is 237 g/mol. The second kappa shape index (κ2) is 4.20. The van der Waals surface area contributed by atoms with Crippen LogP contribution in [-0.2, 0) is 16.6 Å². The standard InChI is InChI=1S/C11H15N3O3/c1-13-9(15)4-3-7(11(16)17)10(13)8-5-6-12-14(8)2/h5-7,10H,3-4H2,1-2H3,(H,16,17)/t7-,10-/m1/s1. The van der Waals surface area contributed by atoms with Crippen molar-refractivity contribution in [1.29, 1.82) is 0 Å². The number of hydrogen-bond donors (Lipinski definition) is 1. The molecule has 0 aromatic carbocycles. The first kappa shape index (κ1) is 11.6. The highest BCUT2D eigenvalue weighted by Gasteiger charge is 2.40. The molecule has 92 valence electrons. The maximum Gasteiger partial charge on any atom is 0.309 e. The minimum absolute atomic E-state index is 0.0197. The second-order valence-electron chi connectivity index (χ2n) is 4.31. The summed E-state index contributed by atoms with van der Waals surface area (Å²) < 4.78 is 1.62. The van der Waals surface area contributed by atoms with E-state index in [1.807, 2.05) is 0 Å². The number of carbonyl (C=O) groups excluding carboxylic acids is 1. The van der Waals surface area contributed by atoms with Crippen molar-refractivity contribution in [2.24, 2.45) is 13.0 Å². The number of amides is 1. The molecule has 6 nitrogen and oxygen atoms in total. The third kappa shape index (κ3) is 1.90. The fourth-order valence-electron chi connectivity index (χ4n) is 2.38. The third-order valence-corrected chi connectivity index (χ3v) is 3.34. The highest BCUT2D eigenvalue weighted by molar-refractivity contribution is 5.81. The molecule has 1 amide bonds. The molecule has 2 rings (SSSR count). The summed E-state index contributed by atoms with van der Waals surface area (Å²) in [7, 11) is 3.40. The number of rotatable bonds is 2. The Morgan fingerprint density at radius 1 is 1.53 bits per heavy atom. The molecular formula is C11H15N3O3. The van der Waals surface area contributed by atoms with E-state index in [4.69, 9.17) is 0 Å². The Morgan fingerprint density at radius 3 is 2.76 bits per heavy atom. The van der Waals surface area contributed by atoms with Crippen molar-refractivity contribution in [3.63, 3.8) is 0 Å². The lowest BCUT2D eigenvalue weighted by atomic mass is 9.87. The van der Waals surface area contributed by atoms with E-state index in [-0.39, 0.29) is 5.91 Å². The van der Waals surface area contributed by atoms with E-state index in [1.54, 1.807) is 31.0 Å². The van der Waals surface area contributed by atoms with Gasteiger partial charge in [0.15, 0.2) is 0 Å². The zero-order valence-electron chi connectivity index (χ0n) is 9.83. The first-order chi connectivity index (χ1) is 8.02. The molecule has 1 aliphatic heterocycles. The van der Waals surface area contributed by atoms with Gasteiger partial charge in [0.25, 0.3) is 0 Å². The Kier molecular flexibility index (Phi) is 2.87. The van der Waals surface area contributed by atoms with Crippen LogP contribution >= 0.6 is 0 Å². The summed E-state index contributed by atoms with van der Waals surface area (Å²) in [6.45, 7) is 0. The van der Waals surface area contributed by atoms with Crippen LogP contribution < -0.4 is 0 Å². The van der Waals surface area contributed by atoms with Crippen LogP contribution in [0.5, 0.6) is 0 Å². The lowest BCUT2D eigenvalue weighted by Gasteiger charge is -2.36. The van der Waals surface area contributed by atoms with Crippen LogP contribution in [0.4, 0.5) is 0 Å². The normalized spacial score (nSPS) is 25.1. The van der Waals surface area contributed by atoms with E-state index >= 15 is 0 Å². The molecule has 17 heavy (non-hydrogen) atoms. The molecule has 0 spiro atoms. The predicted octanol–water partition coefficient (Wildman–Crippen LogP) is 0.414. The second-order valence-corrected chi connectivity index (χ2v) is 4.31. The molecule has 0 bridgehead atoms. The van der Waals surface area contributed by atoms with Gasteiger partial charge in [0, 0.05) is 26.7 Å². The molecule has 2 heterocycles. The Bertz CT molecular complexity index is 455. The largest absolute Gasteiger partial charge is 0.481 e. The SMILES string of the molecule is CN1C(=O)CC[C@@H](C(=O)O)[C@@H]1c1ccnn1C. The van der Waals surface area contributed by atoms with Gasteiger partial charge in [0.2, 0.25) is 5.91 Å². The van der Waals surface area contributed by atoms with Gasteiger partial charge in [-0.2, -0.15) is 5.10 Å². The quantitative estimate of drug-likeness (QED) is 0.808. The van der Waals surface area contributed by atoms with Crippen LogP contribution in [0, 0.1) is 5.92 Å². The Labute approximate surface area is 98.8 Å². The van der Waals surface area contributed by atoms with Crippen LogP contribution in [0.15, 0.2) is 12.3 Å². The lowest BCUT2D eigenvalue weighted by molar-refractivity contribution is -0.151. The van der Waals surface area contributed by atoms with E-state index in [0.717, 1.165) is 5.69 Å². The zero-order chi connectivity index (χ0) is 12.6. The molecule has 0 saturated carbocycles. The number of piperidine rings is 1. The van der Waals surface area contributed by atoms with Crippen LogP contribution in [0.2, 0.25) is 0 Å². The Morgan fingerprint density at radius 2 is 2.24 bits per heavy atom. The number of hydrogen-bond acceptors (Lipinski definition) is 3. The van der Waals surface area contributed by atoms with Gasteiger partial charge in [-0.1, -0.05) is 0 Å². The van der Waals surface area contributed by atoms with E-state index in [9.17, 15) is 14.7 Å². The maximum atomic E-state index is 11.7. The molecular weight excluding hydrogens is 222 g/mol. The van der Waals surface area contributed by atoms with Gasteiger partial charge in [0.1, 0.15) is 0 Å². The van der Waals surface area contributed by atoms with E-state index < -0.39 is 17.9 Å². The molecule has 2 atom stereocenters. The van der Waals surface area contributed by atoms with Gasteiger partial charge in [-0.05, 0) is 12.5 Å². The van der Waals surface area contributed by atoms with Crippen molar-refractivity contribution < 1.29 is 14.7 Å². The molecule has 0 radical (unpaired) electrons. The molecule has 1 aromatic rings. The van der Waals surface area contributed by atoms with Gasteiger partial charge in [-0.25, -0.2) is 0 Å². The van der Waals surface area contributed by atoms with Gasteiger partial charge < -0.3 is 10.0 Å². The number of aryl methyl sites for hydroxylation is 1. The van der Waals surface area contributed by atoms with Crippen LogP contribution in [-0.4, -0.2) is 38.7 Å². The smallest absolute Gasteiger partial charge is 0.309 e. The van der Waals surface area contributed by atoms with E-state index in [0.29, 0.717) is 12.8 Å². The highest BCUT2D eigenvalue weighted by Crippen LogP contribution is 2.35. The van der Waals surface area contributed by atoms with E-state index in [1.165, 1.54) is 4.90 Å². The molecule has 1 aromatic heterocycles. The third-order valence-electron chi connectivity index (χ3n) is 3.34. The van der Waals surface area contributed by atoms with Crippen LogP contribution in [0.3, 0.4) is 0 Å². The number of aliphatic carboxylic acids is 1. The summed E-state index contributed by atoms with van der Waals surface area (Å²) >= 11 is 0. The summed E-state index contributed by atoms with van der Waals surface area (Å²) in [5.41, 5.74) is 0.757. The van der Waals surface area contributed by atoms with Crippen LogP contribution in [0.1, 0.15) is 24.6 Å². The van der Waals surface area contributed by atoms with Gasteiger partial charge in [0.05, 0.1) is 17.7 Å². The van der Waals surface area contributed by atoms with E-state index in [2.05, 4.69) is 5.10 Å². The van der Waals surface area contributed by atoms with Gasteiger partial charge >= 0.3 is 5.97 Å². The topological polar surface area (TPSA) is 75.4 Å². The van der Waals surface area contributed by atoms with Crippen molar-refractivity contribution in [2.75, 3.05) is 7.05 Å². The number of carboxylic acids is 1. The molecule has 0 unspecified atom stereocenters. The summed E-state index contributed by atoms with van der Waals surface area (Å²) in [4.78, 5) is 24.5. The zero-order valence-corrected chi connectivity index (χ0v) is 9.83. The predicted molar refractivity (Wildman–Crippen MR) is 59.1 cm³/mol. The number of carbonyl (C=O) groups is 2. The summed E-state index contributed by atoms with van der Waals surface area (Å²) in [5.74, 6) is -1.45. The number of carboxylic acid groups (broad SMARTS) is 1. The summed E-state index contributed by atoms with van der Waals surface area (Å²) in [5, 5.41) is 13.3. The van der Waals surface area contributed by atoms with Gasteiger partial charge in [-0.15, -0.1) is 0 Å². The van der Waals surface area contributed by atoms with Crippen LogP contribution in [0.25, 0.3) is 0 Å². The summed E-state index contributed by atoms with van der Waals surface area (Å²) in [6.07, 6.45) is 2.29.